The van der Waals surface area contributed by atoms with Gasteiger partial charge in [0.2, 0.25) is 5.95 Å². The van der Waals surface area contributed by atoms with Crippen molar-refractivity contribution < 1.29 is 26.3 Å². The predicted molar refractivity (Wildman–Crippen MR) is 146 cm³/mol. The van der Waals surface area contributed by atoms with Crippen molar-refractivity contribution in [2.45, 2.75) is 64.8 Å². The molecule has 1 saturated heterocycles. The maximum absolute atomic E-state index is 13.8. The molecule has 3 aromatic rings. The van der Waals surface area contributed by atoms with Crippen LogP contribution in [-0.2, 0) is 25.2 Å². The smallest absolute Gasteiger partial charge is 0.355 e. The number of nitrogens with one attached hydrogen (secondary N) is 1. The quantitative estimate of drug-likeness (QED) is 0.324. The number of rotatable bonds is 5. The Hall–Kier alpha value is -3.57. The number of aryl methyl sites for hydroxylation is 1. The van der Waals surface area contributed by atoms with E-state index in [4.69, 9.17) is 9.97 Å². The zero-order valence-electron chi connectivity index (χ0n) is 23.1. The van der Waals surface area contributed by atoms with Crippen LogP contribution >= 0.6 is 0 Å². The Morgan fingerprint density at radius 3 is 2.39 bits per heavy atom. The molecular weight excluding hydrogens is 546 g/mol. The average Bonchev–Trinajstić information content (AvgIpc) is 3.30. The largest absolute Gasteiger partial charge is 0.419 e. The molecule has 2 aliphatic rings. The third-order valence-corrected chi connectivity index (χ3v) is 7.86. The van der Waals surface area contributed by atoms with E-state index >= 15 is 0 Å². The van der Waals surface area contributed by atoms with Crippen molar-refractivity contribution in [2.75, 3.05) is 34.8 Å². The second kappa shape index (κ2) is 11.0. The summed E-state index contributed by atoms with van der Waals surface area (Å²) in [6.07, 6.45) is -5.00. The molecule has 2 aliphatic heterocycles. The van der Waals surface area contributed by atoms with Crippen LogP contribution in [0.4, 0.5) is 49.6 Å². The van der Waals surface area contributed by atoms with Crippen LogP contribution in [0.1, 0.15) is 54.6 Å². The van der Waals surface area contributed by atoms with Gasteiger partial charge in [-0.3, -0.25) is 0 Å². The summed E-state index contributed by atoms with van der Waals surface area (Å²) >= 11 is 0. The summed E-state index contributed by atoms with van der Waals surface area (Å²) in [7, 11) is 0. The summed E-state index contributed by atoms with van der Waals surface area (Å²) in [6.45, 7) is 7.16. The first-order valence-corrected chi connectivity index (χ1v) is 13.7. The lowest BCUT2D eigenvalue weighted by molar-refractivity contribution is -0.138. The van der Waals surface area contributed by atoms with E-state index in [1.165, 1.54) is 18.3 Å². The van der Waals surface area contributed by atoms with Gasteiger partial charge in [0, 0.05) is 49.5 Å². The predicted octanol–water partition coefficient (Wildman–Crippen LogP) is 7.19. The molecule has 220 valence electrons. The van der Waals surface area contributed by atoms with Gasteiger partial charge in [-0.05, 0) is 68.0 Å². The van der Waals surface area contributed by atoms with Gasteiger partial charge in [0.1, 0.15) is 11.6 Å². The van der Waals surface area contributed by atoms with Crippen LogP contribution in [0.15, 0.2) is 36.5 Å². The molecule has 2 aromatic heterocycles. The zero-order chi connectivity index (χ0) is 29.5. The number of aromatic nitrogens is 3. The number of fused-ring (bicyclic) bond motifs is 1. The number of hydrogen-bond acceptors (Lipinski definition) is 6. The minimum absolute atomic E-state index is 0.131. The van der Waals surface area contributed by atoms with E-state index in [0.717, 1.165) is 43.1 Å². The number of alkyl halides is 6. The molecule has 1 unspecified atom stereocenters. The molecule has 5 rings (SSSR count). The minimum atomic E-state index is -4.55. The molecule has 0 spiro atoms. The van der Waals surface area contributed by atoms with Gasteiger partial charge in [0.05, 0.1) is 16.8 Å². The second-order valence-electron chi connectivity index (χ2n) is 11.0. The summed E-state index contributed by atoms with van der Waals surface area (Å²) in [5, 5.41) is 3.25. The molecule has 1 aromatic carbocycles. The lowest BCUT2D eigenvalue weighted by Crippen LogP contribution is -2.35. The fourth-order valence-corrected chi connectivity index (χ4v) is 5.74. The van der Waals surface area contributed by atoms with Crippen LogP contribution in [0.3, 0.4) is 0 Å². The number of anilines is 4. The molecule has 41 heavy (non-hydrogen) atoms. The van der Waals surface area contributed by atoms with Crippen LogP contribution in [0.2, 0.25) is 0 Å². The normalized spacial score (nSPS) is 18.0. The molecule has 1 N–H and O–H groups in total. The fraction of sp³-hybridized carbons (Fsp3) is 0.483. The highest BCUT2D eigenvalue weighted by molar-refractivity contribution is 5.66. The number of nitrogens with zero attached hydrogens (tertiary/aromatic N) is 5. The van der Waals surface area contributed by atoms with E-state index in [1.807, 2.05) is 0 Å². The molecule has 0 radical (unpaired) electrons. The van der Waals surface area contributed by atoms with Gasteiger partial charge in [-0.1, -0.05) is 13.8 Å². The Morgan fingerprint density at radius 2 is 1.71 bits per heavy atom. The molecule has 1 atom stereocenters. The first-order chi connectivity index (χ1) is 19.3. The Morgan fingerprint density at radius 1 is 0.951 bits per heavy atom. The van der Waals surface area contributed by atoms with Crippen molar-refractivity contribution in [2.24, 2.45) is 5.92 Å². The molecule has 0 bridgehead atoms. The summed E-state index contributed by atoms with van der Waals surface area (Å²) in [4.78, 5) is 17.6. The van der Waals surface area contributed by atoms with Crippen LogP contribution in [-0.4, -0.2) is 40.6 Å². The number of benzene rings is 1. The lowest BCUT2D eigenvalue weighted by Gasteiger charge is -2.29. The zero-order valence-corrected chi connectivity index (χ0v) is 23.1. The highest BCUT2D eigenvalue weighted by atomic mass is 19.4. The van der Waals surface area contributed by atoms with Gasteiger partial charge < -0.3 is 15.1 Å². The molecule has 4 heterocycles. The molecule has 1 fully saturated rings. The molecular formula is C29H32F6N6. The summed E-state index contributed by atoms with van der Waals surface area (Å²) in [5.74, 6) is 1.21. The van der Waals surface area contributed by atoms with Crippen LogP contribution in [0.5, 0.6) is 0 Å². The topological polar surface area (TPSA) is 57.2 Å². The van der Waals surface area contributed by atoms with Crippen LogP contribution < -0.4 is 15.1 Å². The standard InChI is InChI=1S/C29H32F6N6/c1-17(2)24-7-5-13-41(24)27-38-23-11-15-40(26-21(29(33,34)35)6-4-12-36-26)14-10-20(23)25(39-27)37-22-9-8-19(16-18(22)3)28(30,31)32/h4,6,8-9,12,16-17,24H,5,7,10-11,13-15H2,1-3H3,(H,37,38,39). The third-order valence-electron chi connectivity index (χ3n) is 7.86. The van der Waals surface area contributed by atoms with Crippen LogP contribution in [0, 0.1) is 12.8 Å². The summed E-state index contributed by atoms with van der Waals surface area (Å²) in [6, 6.07) is 6.02. The summed E-state index contributed by atoms with van der Waals surface area (Å²) in [5.41, 5.74) is 0.772. The van der Waals surface area contributed by atoms with Gasteiger partial charge in [0.25, 0.3) is 0 Å². The van der Waals surface area contributed by atoms with Gasteiger partial charge in [-0.15, -0.1) is 0 Å². The van der Waals surface area contributed by atoms with Crippen molar-refractivity contribution in [1.82, 2.24) is 15.0 Å². The van der Waals surface area contributed by atoms with Crippen molar-refractivity contribution >= 4 is 23.3 Å². The van der Waals surface area contributed by atoms with Crippen molar-refractivity contribution in [3.63, 3.8) is 0 Å². The van der Waals surface area contributed by atoms with E-state index in [9.17, 15) is 26.3 Å². The molecule has 12 heteroatoms. The minimum Gasteiger partial charge on any atom is -0.355 e. The monoisotopic (exact) mass is 578 g/mol. The highest BCUT2D eigenvalue weighted by Crippen LogP contribution is 2.38. The average molecular weight is 579 g/mol. The maximum atomic E-state index is 13.8. The molecule has 0 aliphatic carbocycles. The van der Waals surface area contributed by atoms with Gasteiger partial charge in [-0.2, -0.15) is 31.3 Å². The summed E-state index contributed by atoms with van der Waals surface area (Å²) < 4.78 is 81.1. The number of halogens is 6. The maximum Gasteiger partial charge on any atom is 0.419 e. The van der Waals surface area contributed by atoms with E-state index in [2.05, 4.69) is 29.0 Å². The van der Waals surface area contributed by atoms with Crippen molar-refractivity contribution in [1.29, 1.82) is 0 Å². The second-order valence-corrected chi connectivity index (χ2v) is 11.0. The molecule has 0 saturated carbocycles. The number of hydrogen-bond donors (Lipinski definition) is 1. The third kappa shape index (κ3) is 6.06. The van der Waals surface area contributed by atoms with Gasteiger partial charge in [-0.25, -0.2) is 9.97 Å². The Kier molecular flexibility index (Phi) is 7.78. The van der Waals surface area contributed by atoms with E-state index in [1.54, 1.807) is 11.8 Å². The van der Waals surface area contributed by atoms with E-state index in [-0.39, 0.29) is 24.9 Å². The van der Waals surface area contributed by atoms with Crippen LogP contribution in [0.25, 0.3) is 0 Å². The van der Waals surface area contributed by atoms with E-state index < -0.39 is 23.5 Å². The fourth-order valence-electron chi connectivity index (χ4n) is 5.74. The highest BCUT2D eigenvalue weighted by Gasteiger charge is 2.37. The Bertz CT molecular complexity index is 1400. The molecule has 6 nitrogen and oxygen atoms in total. The SMILES string of the molecule is Cc1cc(C(F)(F)F)ccc1Nc1nc(N2CCCC2C(C)C)nc2c1CCN(c1ncccc1C(F)(F)F)CC2. The molecule has 0 amide bonds. The van der Waals surface area contributed by atoms with Gasteiger partial charge in [0.15, 0.2) is 0 Å². The van der Waals surface area contributed by atoms with E-state index in [0.29, 0.717) is 47.5 Å². The Labute approximate surface area is 234 Å². The van der Waals surface area contributed by atoms with Crippen molar-refractivity contribution in [3.05, 3.63) is 64.5 Å². The lowest BCUT2D eigenvalue weighted by atomic mass is 10.0. The van der Waals surface area contributed by atoms with Gasteiger partial charge >= 0.3 is 12.4 Å². The van der Waals surface area contributed by atoms with Crippen molar-refractivity contribution in [3.8, 4) is 0 Å². The number of pyridine rings is 1. The first kappa shape index (κ1) is 28.9. The Balaban J connectivity index is 1.53. The first-order valence-electron chi connectivity index (χ1n) is 13.7.